The molecule has 0 aliphatic rings. The number of benzene rings is 8. The van der Waals surface area contributed by atoms with Gasteiger partial charge in [-0.2, -0.15) is 0 Å². The zero-order valence-electron chi connectivity index (χ0n) is 30.3. The topological polar surface area (TPSA) is 48.5 Å². The molecule has 0 unspecified atom stereocenters. The van der Waals surface area contributed by atoms with Gasteiger partial charge in [0.05, 0.1) is 33.3 Å². The molecule has 56 heavy (non-hydrogen) atoms. The summed E-state index contributed by atoms with van der Waals surface area (Å²) in [6.07, 6.45) is 0. The lowest BCUT2D eigenvalue weighted by atomic mass is 9.93. The van der Waals surface area contributed by atoms with Gasteiger partial charge in [-0.15, -0.1) is 0 Å². The van der Waals surface area contributed by atoms with Crippen molar-refractivity contribution in [3.63, 3.8) is 0 Å². The predicted octanol–water partition coefficient (Wildman–Crippen LogP) is 12.7. The molecule has 0 bridgehead atoms. The van der Waals surface area contributed by atoms with E-state index in [9.17, 15) is 0 Å². The van der Waals surface area contributed by atoms with Gasteiger partial charge in [-0.3, -0.25) is 0 Å². The van der Waals surface area contributed by atoms with Gasteiger partial charge < -0.3 is 9.13 Å². The average molecular weight is 716 g/mol. The Morgan fingerprint density at radius 2 is 0.696 bits per heavy atom. The molecule has 11 rings (SSSR count). The lowest BCUT2D eigenvalue weighted by Crippen LogP contribution is -2.06. The molecule has 5 nitrogen and oxygen atoms in total. The van der Waals surface area contributed by atoms with Crippen molar-refractivity contribution in [2.75, 3.05) is 0 Å². The molecule has 0 spiro atoms. The van der Waals surface area contributed by atoms with Gasteiger partial charge in [-0.05, 0) is 42.0 Å². The van der Waals surface area contributed by atoms with Gasteiger partial charge in [-0.25, -0.2) is 15.0 Å². The summed E-state index contributed by atoms with van der Waals surface area (Å²) in [7, 11) is 0. The second-order valence-electron chi connectivity index (χ2n) is 14.0. The molecule has 0 radical (unpaired) electrons. The van der Waals surface area contributed by atoms with Gasteiger partial charge >= 0.3 is 0 Å². The van der Waals surface area contributed by atoms with E-state index in [4.69, 9.17) is 15.0 Å². The summed E-state index contributed by atoms with van der Waals surface area (Å²) in [6, 6.07) is 70.3. The number of rotatable bonds is 6. The maximum absolute atomic E-state index is 5.43. The van der Waals surface area contributed by atoms with Gasteiger partial charge in [0.25, 0.3) is 0 Å². The van der Waals surface area contributed by atoms with Crippen molar-refractivity contribution in [1.29, 1.82) is 0 Å². The highest BCUT2D eigenvalue weighted by Gasteiger charge is 2.28. The number of fused-ring (bicyclic) bond motifs is 6. The molecule has 11 aromatic rings. The van der Waals surface area contributed by atoms with Crippen LogP contribution in [0.1, 0.15) is 0 Å². The fraction of sp³-hybridized carbons (Fsp3) is 0. The van der Waals surface area contributed by atoms with E-state index in [0.717, 1.165) is 66.6 Å². The maximum Gasteiger partial charge on any atom is 0.166 e. The Kier molecular flexibility index (Phi) is 7.42. The van der Waals surface area contributed by atoms with E-state index in [2.05, 4.69) is 173 Å². The van der Waals surface area contributed by atoms with Crippen LogP contribution in [-0.2, 0) is 0 Å². The van der Waals surface area contributed by atoms with Crippen LogP contribution < -0.4 is 0 Å². The first-order valence-electron chi connectivity index (χ1n) is 18.9. The quantitative estimate of drug-likeness (QED) is 0.172. The second-order valence-corrected chi connectivity index (χ2v) is 14.0. The molecule has 0 saturated heterocycles. The van der Waals surface area contributed by atoms with E-state index in [0.29, 0.717) is 17.5 Å². The van der Waals surface area contributed by atoms with E-state index in [1.54, 1.807) is 0 Å². The summed E-state index contributed by atoms with van der Waals surface area (Å²) < 4.78 is 4.82. The maximum atomic E-state index is 5.43. The largest absolute Gasteiger partial charge is 0.309 e. The van der Waals surface area contributed by atoms with E-state index < -0.39 is 0 Å². The number of hydrogen-bond donors (Lipinski definition) is 0. The van der Waals surface area contributed by atoms with Crippen molar-refractivity contribution in [3.05, 3.63) is 200 Å². The zero-order valence-corrected chi connectivity index (χ0v) is 30.3. The van der Waals surface area contributed by atoms with Gasteiger partial charge in [0.1, 0.15) is 0 Å². The van der Waals surface area contributed by atoms with E-state index in [-0.39, 0.29) is 0 Å². The van der Waals surface area contributed by atoms with Crippen LogP contribution >= 0.6 is 0 Å². The Bertz CT molecular complexity index is 3110. The van der Waals surface area contributed by atoms with E-state index >= 15 is 0 Å². The summed E-state index contributed by atoms with van der Waals surface area (Å²) in [5.74, 6) is 1.83. The first kappa shape index (κ1) is 31.9. The van der Waals surface area contributed by atoms with Crippen molar-refractivity contribution < 1.29 is 0 Å². The molecule has 8 aromatic carbocycles. The van der Waals surface area contributed by atoms with Crippen LogP contribution in [0, 0.1) is 0 Å². The number of para-hydroxylation sites is 4. The molecule has 0 amide bonds. The second kappa shape index (κ2) is 13.0. The lowest BCUT2D eigenvalue weighted by molar-refractivity contribution is 1.06. The molecular weight excluding hydrogens is 683 g/mol. The van der Waals surface area contributed by atoms with Crippen LogP contribution in [0.3, 0.4) is 0 Å². The minimum Gasteiger partial charge on any atom is -0.309 e. The van der Waals surface area contributed by atoms with Crippen molar-refractivity contribution in [2.45, 2.75) is 0 Å². The number of nitrogens with zero attached hydrogens (tertiary/aromatic N) is 5. The Balaban J connectivity index is 1.40. The van der Waals surface area contributed by atoms with Crippen LogP contribution in [0.15, 0.2) is 200 Å². The van der Waals surface area contributed by atoms with E-state index in [1.807, 2.05) is 36.4 Å². The third-order valence-corrected chi connectivity index (χ3v) is 10.8. The summed E-state index contributed by atoms with van der Waals surface area (Å²) in [6.45, 7) is 0. The smallest absolute Gasteiger partial charge is 0.166 e. The van der Waals surface area contributed by atoms with Gasteiger partial charge in [0.2, 0.25) is 0 Å². The SMILES string of the molecule is c1ccc(-c2nc(-c3ccccc3)nc(-c3c(-n4c5ccccc5c5ccccc54)cc4c5ccccc5n(-c5ccccc5)c4c3-c3ccccc3)n2)cc1. The predicted molar refractivity (Wildman–Crippen MR) is 230 cm³/mol. The summed E-state index contributed by atoms with van der Waals surface area (Å²) in [5.41, 5.74) is 11.4. The van der Waals surface area contributed by atoms with E-state index in [1.165, 1.54) is 16.2 Å². The molecule has 0 saturated carbocycles. The van der Waals surface area contributed by atoms with Crippen LogP contribution in [0.4, 0.5) is 0 Å². The standard InChI is InChI=1S/C51H33N5/c1-5-19-34(20-6-1)46-47(51-53-49(35-21-7-2-8-22-35)52-50(54-51)36-23-9-3-10-24-36)45(56-43-31-17-13-27-38(43)39-28-14-18-32-44(39)56)33-41-40-29-15-16-30-42(40)55(48(41)46)37-25-11-4-12-26-37/h1-33H. The highest BCUT2D eigenvalue weighted by Crippen LogP contribution is 2.48. The molecule has 262 valence electrons. The molecule has 3 aromatic heterocycles. The van der Waals surface area contributed by atoms with Crippen LogP contribution in [-0.4, -0.2) is 24.1 Å². The van der Waals surface area contributed by atoms with Crippen LogP contribution in [0.25, 0.3) is 100 Å². The molecule has 0 N–H and O–H groups in total. The molecule has 5 heteroatoms. The van der Waals surface area contributed by atoms with Crippen molar-refractivity contribution in [1.82, 2.24) is 24.1 Å². The van der Waals surface area contributed by atoms with Crippen molar-refractivity contribution >= 4 is 43.6 Å². The zero-order chi connectivity index (χ0) is 37.0. The summed E-state index contributed by atoms with van der Waals surface area (Å²) in [5, 5.41) is 4.69. The Morgan fingerprint density at radius 1 is 0.304 bits per heavy atom. The molecule has 0 aliphatic carbocycles. The first-order valence-corrected chi connectivity index (χ1v) is 18.9. The highest BCUT2D eigenvalue weighted by atomic mass is 15.1. The van der Waals surface area contributed by atoms with Gasteiger partial charge in [0, 0.05) is 43.9 Å². The summed E-state index contributed by atoms with van der Waals surface area (Å²) >= 11 is 0. The highest BCUT2D eigenvalue weighted by molar-refractivity contribution is 6.19. The minimum absolute atomic E-state index is 0.597. The molecule has 0 atom stereocenters. The third-order valence-electron chi connectivity index (χ3n) is 10.8. The minimum atomic E-state index is 0.597. The fourth-order valence-corrected chi connectivity index (χ4v) is 8.35. The lowest BCUT2D eigenvalue weighted by Gasteiger charge is -2.21. The molecule has 0 fully saturated rings. The number of aromatic nitrogens is 5. The van der Waals surface area contributed by atoms with Crippen molar-refractivity contribution in [3.8, 4) is 56.7 Å². The Labute approximate surface area is 323 Å². The molecular formula is C51H33N5. The fourth-order valence-electron chi connectivity index (χ4n) is 8.35. The summed E-state index contributed by atoms with van der Waals surface area (Å²) in [4.78, 5) is 16.0. The van der Waals surface area contributed by atoms with Gasteiger partial charge in [0.15, 0.2) is 17.5 Å². The molecule has 0 aliphatic heterocycles. The normalized spacial score (nSPS) is 11.6. The van der Waals surface area contributed by atoms with Crippen LogP contribution in [0.5, 0.6) is 0 Å². The van der Waals surface area contributed by atoms with Crippen molar-refractivity contribution in [2.24, 2.45) is 0 Å². The third kappa shape index (κ3) is 5.06. The van der Waals surface area contributed by atoms with Gasteiger partial charge in [-0.1, -0.05) is 164 Å². The first-order chi connectivity index (χ1) is 27.8. The molecule has 3 heterocycles. The van der Waals surface area contributed by atoms with Crippen LogP contribution in [0.2, 0.25) is 0 Å². The Morgan fingerprint density at radius 3 is 1.21 bits per heavy atom. The Hall–Kier alpha value is -7.63. The average Bonchev–Trinajstić information content (AvgIpc) is 3.79. The monoisotopic (exact) mass is 715 g/mol. The number of hydrogen-bond acceptors (Lipinski definition) is 3.